The molecule has 8 nitrogen and oxygen atoms in total. The van der Waals surface area contributed by atoms with Gasteiger partial charge in [-0.25, -0.2) is 0 Å². The second kappa shape index (κ2) is 11.7. The van der Waals surface area contributed by atoms with Crippen LogP contribution < -0.4 is 15.8 Å². The number of nitrogens with zero attached hydrogens (tertiary/aromatic N) is 3. The summed E-state index contributed by atoms with van der Waals surface area (Å²) in [6.45, 7) is 10.3. The van der Waals surface area contributed by atoms with Gasteiger partial charge in [-0.2, -0.15) is 0 Å². The SMILES string of the molecule is CCN(c1cc(C(=O)N2CCC2)cc(C(=O)NCc2c(C)cc(C)[nH]c2=O)c1C)C1CCC(N(C)C)CC1. The molecule has 2 heterocycles. The summed E-state index contributed by atoms with van der Waals surface area (Å²) in [7, 11) is 4.29. The van der Waals surface area contributed by atoms with E-state index in [1.807, 2.05) is 37.8 Å². The molecule has 0 bridgehead atoms. The molecule has 1 aliphatic carbocycles. The molecule has 2 N–H and O–H groups in total. The van der Waals surface area contributed by atoms with Gasteiger partial charge in [0.15, 0.2) is 0 Å². The Morgan fingerprint density at radius 2 is 1.68 bits per heavy atom. The Balaban J connectivity index is 1.65. The Morgan fingerprint density at radius 3 is 2.24 bits per heavy atom. The molecule has 206 valence electrons. The van der Waals surface area contributed by atoms with Gasteiger partial charge in [0.05, 0.1) is 0 Å². The third-order valence-corrected chi connectivity index (χ3v) is 8.42. The maximum atomic E-state index is 13.5. The molecule has 2 aliphatic rings. The first-order chi connectivity index (χ1) is 18.1. The van der Waals surface area contributed by atoms with Gasteiger partial charge in [-0.05, 0) is 103 Å². The van der Waals surface area contributed by atoms with Crippen molar-refractivity contribution in [3.05, 3.63) is 62.1 Å². The topological polar surface area (TPSA) is 88.7 Å². The van der Waals surface area contributed by atoms with Crippen LogP contribution in [0.3, 0.4) is 0 Å². The van der Waals surface area contributed by atoms with Gasteiger partial charge in [0.2, 0.25) is 0 Å². The zero-order valence-electron chi connectivity index (χ0n) is 23.8. The molecule has 0 atom stereocenters. The fourth-order valence-electron chi connectivity index (χ4n) is 5.94. The van der Waals surface area contributed by atoms with Gasteiger partial charge >= 0.3 is 0 Å². The average molecular weight is 522 g/mol. The van der Waals surface area contributed by atoms with E-state index in [1.165, 1.54) is 0 Å². The van der Waals surface area contributed by atoms with E-state index in [-0.39, 0.29) is 23.9 Å². The van der Waals surface area contributed by atoms with Gasteiger partial charge in [-0.3, -0.25) is 14.4 Å². The normalized spacial score (nSPS) is 19.3. The quantitative estimate of drug-likeness (QED) is 0.552. The highest BCUT2D eigenvalue weighted by Crippen LogP contribution is 2.33. The van der Waals surface area contributed by atoms with Gasteiger partial charge in [0.1, 0.15) is 0 Å². The first-order valence-corrected chi connectivity index (χ1v) is 13.9. The smallest absolute Gasteiger partial charge is 0.253 e. The molecular weight excluding hydrogens is 478 g/mol. The minimum atomic E-state index is -0.270. The van der Waals surface area contributed by atoms with E-state index in [9.17, 15) is 14.4 Å². The summed E-state index contributed by atoms with van der Waals surface area (Å²) in [5.74, 6) is -0.293. The summed E-state index contributed by atoms with van der Waals surface area (Å²) < 4.78 is 0. The zero-order valence-corrected chi connectivity index (χ0v) is 23.8. The number of carbonyl (C=O) groups is 2. The molecule has 2 fully saturated rings. The van der Waals surface area contributed by atoms with E-state index in [0.717, 1.165) is 74.2 Å². The van der Waals surface area contributed by atoms with E-state index in [4.69, 9.17) is 0 Å². The van der Waals surface area contributed by atoms with Crippen LogP contribution in [0.5, 0.6) is 0 Å². The fourth-order valence-corrected chi connectivity index (χ4v) is 5.94. The summed E-state index contributed by atoms with van der Waals surface area (Å²) >= 11 is 0. The largest absolute Gasteiger partial charge is 0.369 e. The molecule has 4 rings (SSSR count). The Kier molecular flexibility index (Phi) is 8.61. The molecule has 0 unspecified atom stereocenters. The lowest BCUT2D eigenvalue weighted by Crippen LogP contribution is -2.43. The molecule has 1 saturated heterocycles. The molecule has 0 radical (unpaired) electrons. The highest BCUT2D eigenvalue weighted by molar-refractivity contribution is 6.02. The molecule has 1 saturated carbocycles. The third kappa shape index (κ3) is 5.80. The lowest BCUT2D eigenvalue weighted by atomic mass is 9.88. The van der Waals surface area contributed by atoms with Crippen molar-refractivity contribution in [2.24, 2.45) is 0 Å². The summed E-state index contributed by atoms with van der Waals surface area (Å²) in [5, 5.41) is 2.95. The van der Waals surface area contributed by atoms with Crippen LogP contribution in [0, 0.1) is 20.8 Å². The van der Waals surface area contributed by atoms with Crippen LogP contribution in [-0.2, 0) is 6.54 Å². The molecule has 2 amide bonds. The molecule has 38 heavy (non-hydrogen) atoms. The van der Waals surface area contributed by atoms with Gasteiger partial charge in [0.25, 0.3) is 17.4 Å². The van der Waals surface area contributed by atoms with Crippen molar-refractivity contribution in [1.82, 2.24) is 20.1 Å². The Hall–Kier alpha value is -3.13. The lowest BCUT2D eigenvalue weighted by molar-refractivity contribution is 0.0652. The van der Waals surface area contributed by atoms with Crippen LogP contribution in [-0.4, -0.2) is 72.4 Å². The fraction of sp³-hybridized carbons (Fsp3) is 0.567. The number of carbonyl (C=O) groups excluding carboxylic acids is 2. The van der Waals surface area contributed by atoms with Gasteiger partial charge in [-0.1, -0.05) is 0 Å². The van der Waals surface area contributed by atoms with Crippen molar-refractivity contribution in [1.29, 1.82) is 0 Å². The van der Waals surface area contributed by atoms with Crippen LogP contribution in [0.25, 0.3) is 0 Å². The van der Waals surface area contributed by atoms with Crippen LogP contribution in [0.1, 0.15) is 82.1 Å². The average Bonchev–Trinajstić information content (AvgIpc) is 2.83. The van der Waals surface area contributed by atoms with E-state index >= 15 is 0 Å². The van der Waals surface area contributed by atoms with E-state index in [2.05, 4.69) is 41.1 Å². The molecule has 8 heteroatoms. The molecular formula is C30H43N5O3. The number of aromatic nitrogens is 1. The highest BCUT2D eigenvalue weighted by Gasteiger charge is 2.30. The van der Waals surface area contributed by atoms with Crippen molar-refractivity contribution in [2.75, 3.05) is 38.6 Å². The van der Waals surface area contributed by atoms with E-state index < -0.39 is 0 Å². The summed E-state index contributed by atoms with van der Waals surface area (Å²) in [5.41, 5.74) is 4.87. The predicted octanol–water partition coefficient (Wildman–Crippen LogP) is 3.78. The summed E-state index contributed by atoms with van der Waals surface area (Å²) in [6.07, 6.45) is 5.45. The number of hydrogen-bond donors (Lipinski definition) is 2. The second-order valence-corrected chi connectivity index (χ2v) is 11.2. The van der Waals surface area contributed by atoms with Crippen molar-refractivity contribution in [3.63, 3.8) is 0 Å². The molecule has 1 aromatic carbocycles. The maximum absolute atomic E-state index is 13.5. The summed E-state index contributed by atoms with van der Waals surface area (Å²) in [6, 6.07) is 6.60. The first-order valence-electron chi connectivity index (χ1n) is 13.9. The van der Waals surface area contributed by atoms with Crippen LogP contribution >= 0.6 is 0 Å². The number of aromatic amines is 1. The molecule has 1 aromatic heterocycles. The van der Waals surface area contributed by atoms with Crippen LogP contribution in [0.2, 0.25) is 0 Å². The summed E-state index contributed by atoms with van der Waals surface area (Å²) in [4.78, 5) is 48.7. The number of anilines is 1. The zero-order chi connectivity index (χ0) is 27.6. The highest BCUT2D eigenvalue weighted by atomic mass is 16.2. The van der Waals surface area contributed by atoms with Crippen LogP contribution in [0.15, 0.2) is 23.0 Å². The van der Waals surface area contributed by atoms with Crippen molar-refractivity contribution >= 4 is 17.5 Å². The minimum absolute atomic E-state index is 0.0234. The number of likely N-dealkylation sites (tertiary alicyclic amines) is 1. The third-order valence-electron chi connectivity index (χ3n) is 8.42. The molecule has 1 aliphatic heterocycles. The molecule has 2 aromatic rings. The number of rotatable bonds is 8. The Morgan fingerprint density at radius 1 is 1.03 bits per heavy atom. The number of aryl methyl sites for hydroxylation is 2. The van der Waals surface area contributed by atoms with Crippen molar-refractivity contribution in [2.45, 2.75) is 78.4 Å². The number of hydrogen-bond acceptors (Lipinski definition) is 5. The Bertz CT molecular complexity index is 1240. The number of amides is 2. The number of pyridine rings is 1. The lowest BCUT2D eigenvalue weighted by Gasteiger charge is -2.40. The maximum Gasteiger partial charge on any atom is 0.253 e. The van der Waals surface area contributed by atoms with Crippen molar-refractivity contribution in [3.8, 4) is 0 Å². The van der Waals surface area contributed by atoms with Gasteiger partial charge in [0, 0.05) is 66.3 Å². The minimum Gasteiger partial charge on any atom is -0.369 e. The van der Waals surface area contributed by atoms with Crippen LogP contribution in [0.4, 0.5) is 5.69 Å². The second-order valence-electron chi connectivity index (χ2n) is 11.2. The van der Waals surface area contributed by atoms with Gasteiger partial charge in [-0.15, -0.1) is 0 Å². The number of H-pyrrole nitrogens is 1. The predicted molar refractivity (Wildman–Crippen MR) is 152 cm³/mol. The monoisotopic (exact) mass is 521 g/mol. The standard InChI is InChI=1S/C30H43N5O3/c1-7-35(24-11-9-23(10-12-24)33(5)6)27-17-22(30(38)34-13-8-14-34)16-25(21(27)4)28(36)31-18-26-19(2)15-20(3)32-29(26)37/h15-17,23-24H,7-14,18H2,1-6H3,(H,31,36)(H,32,37). The number of benzene rings is 1. The molecule has 0 spiro atoms. The van der Waals surface area contributed by atoms with E-state index in [1.54, 1.807) is 6.07 Å². The van der Waals surface area contributed by atoms with E-state index in [0.29, 0.717) is 28.8 Å². The Labute approximate surface area is 226 Å². The van der Waals surface area contributed by atoms with Gasteiger partial charge < -0.3 is 25.0 Å². The van der Waals surface area contributed by atoms with Crippen molar-refractivity contribution < 1.29 is 9.59 Å². The first kappa shape index (κ1) is 27.9. The number of nitrogens with one attached hydrogen (secondary N) is 2.